The number of thiazole rings is 1. The number of carbonyl (C=O) groups is 2. The molecule has 0 spiro atoms. The van der Waals surface area contributed by atoms with Gasteiger partial charge in [0.2, 0.25) is 16.9 Å². The standard InChI is InChI=1S/C42H54N12O5S/c1-10-25(3)29(7)40(56)59-16-15-58-14-13-45-38-36(39(50-41(44-8)49-38)48-35-26(4)17-24(2)18-27(35)5)51-52-37-31(21-43)23-54(53-37)42-47-32-12-11-30(20-33(32)60-42)22-46-28(6)19-34(55)57-9/h11-12,17-18,20,23,25,28-29,46H,10,13-16,19,22H2,1-9H3,(H3,44,45,48,49,50)/b52-51+. The summed E-state index contributed by atoms with van der Waals surface area (Å²) in [7, 11) is 3.10. The minimum Gasteiger partial charge on any atom is -0.469 e. The number of fused-ring (bicyclic) bond motifs is 1. The lowest BCUT2D eigenvalue weighted by Gasteiger charge is -2.17. The maximum absolute atomic E-state index is 12.4. The second-order valence-corrected chi connectivity index (χ2v) is 15.6. The first-order chi connectivity index (χ1) is 28.8. The van der Waals surface area contributed by atoms with Gasteiger partial charge >= 0.3 is 11.9 Å². The highest BCUT2D eigenvalue weighted by atomic mass is 32.1. The Hall–Kier alpha value is -6.03. The number of azo groups is 1. The second-order valence-electron chi connectivity index (χ2n) is 14.6. The van der Waals surface area contributed by atoms with Crippen LogP contribution in [0, 0.1) is 43.9 Å². The predicted octanol–water partition coefficient (Wildman–Crippen LogP) is 7.96. The Balaban J connectivity index is 1.38. The molecule has 5 rings (SSSR count). The molecule has 18 heteroatoms. The first-order valence-electron chi connectivity index (χ1n) is 19.9. The van der Waals surface area contributed by atoms with E-state index in [9.17, 15) is 14.9 Å². The molecule has 2 aromatic carbocycles. The number of carbonyl (C=O) groups excluding carboxylic acids is 2. The minimum absolute atomic E-state index is 0.0553. The lowest BCUT2D eigenvalue weighted by atomic mass is 9.94. The fraction of sp³-hybridized carbons (Fsp3) is 0.452. The smallest absolute Gasteiger partial charge is 0.308 e. The Bertz CT molecular complexity index is 2330. The molecule has 4 N–H and O–H groups in total. The van der Waals surface area contributed by atoms with E-state index in [-0.39, 0.29) is 73.1 Å². The highest BCUT2D eigenvalue weighted by molar-refractivity contribution is 7.20. The number of nitriles is 1. The number of benzene rings is 2. The van der Waals surface area contributed by atoms with Gasteiger partial charge in [0.15, 0.2) is 17.3 Å². The van der Waals surface area contributed by atoms with Crippen LogP contribution in [0.1, 0.15) is 68.4 Å². The molecule has 0 saturated heterocycles. The number of nitrogens with zero attached hydrogens (tertiary/aromatic N) is 8. The Morgan fingerprint density at radius 3 is 2.45 bits per heavy atom. The monoisotopic (exact) mass is 838 g/mol. The Morgan fingerprint density at radius 1 is 1.00 bits per heavy atom. The molecule has 0 aliphatic rings. The van der Waals surface area contributed by atoms with Crippen molar-refractivity contribution in [2.24, 2.45) is 22.1 Å². The number of rotatable bonds is 21. The number of esters is 2. The maximum Gasteiger partial charge on any atom is 0.308 e. The molecule has 3 atom stereocenters. The van der Waals surface area contributed by atoms with Crippen molar-refractivity contribution < 1.29 is 23.8 Å². The molecule has 0 fully saturated rings. The fourth-order valence-corrected chi connectivity index (χ4v) is 7.16. The zero-order chi connectivity index (χ0) is 43.3. The van der Waals surface area contributed by atoms with Crippen molar-refractivity contribution in [2.75, 3.05) is 56.5 Å². The van der Waals surface area contributed by atoms with Crippen LogP contribution < -0.4 is 21.3 Å². The molecule has 0 saturated carbocycles. The number of anilines is 4. The zero-order valence-electron chi connectivity index (χ0n) is 35.7. The van der Waals surface area contributed by atoms with Crippen molar-refractivity contribution in [1.29, 1.82) is 5.26 Å². The molecule has 0 aliphatic carbocycles. The van der Waals surface area contributed by atoms with Gasteiger partial charge in [0.25, 0.3) is 0 Å². The Kier molecular flexibility index (Phi) is 16.0. The van der Waals surface area contributed by atoms with Gasteiger partial charge in [0.1, 0.15) is 18.2 Å². The van der Waals surface area contributed by atoms with Crippen LogP contribution in [0.5, 0.6) is 0 Å². The first kappa shape index (κ1) is 45.1. The SMILES string of the molecule is CCC(C)C(C)C(=O)OCCOCCNc1nc(NC)nc(Nc2c(C)cc(C)cc2C)c1/N=N/c1nn(-c2nc3ccc(CNC(C)CC(=O)OC)cc3s2)cc1C#N. The summed E-state index contributed by atoms with van der Waals surface area (Å²) in [5.74, 6) is 0.702. The van der Waals surface area contributed by atoms with Gasteiger partial charge < -0.3 is 35.5 Å². The van der Waals surface area contributed by atoms with E-state index in [0.717, 1.165) is 44.6 Å². The van der Waals surface area contributed by atoms with Gasteiger partial charge in [-0.2, -0.15) is 15.2 Å². The highest BCUT2D eigenvalue weighted by Gasteiger charge is 2.21. The van der Waals surface area contributed by atoms with Crippen molar-refractivity contribution in [3.05, 3.63) is 64.3 Å². The molecule has 0 radical (unpaired) electrons. The Morgan fingerprint density at radius 2 is 1.75 bits per heavy atom. The number of aryl methyl sites for hydroxylation is 3. The summed E-state index contributed by atoms with van der Waals surface area (Å²) < 4.78 is 18.4. The van der Waals surface area contributed by atoms with Crippen molar-refractivity contribution in [2.45, 2.75) is 73.9 Å². The van der Waals surface area contributed by atoms with Gasteiger partial charge in [-0.15, -0.1) is 15.3 Å². The van der Waals surface area contributed by atoms with E-state index in [1.54, 1.807) is 13.2 Å². The number of nitrogens with one attached hydrogen (secondary N) is 4. The average molecular weight is 839 g/mol. The van der Waals surface area contributed by atoms with Crippen LogP contribution in [-0.2, 0) is 30.3 Å². The fourth-order valence-electron chi connectivity index (χ4n) is 6.20. The third-order valence-electron chi connectivity index (χ3n) is 9.96. The van der Waals surface area contributed by atoms with Crippen molar-refractivity contribution in [3.8, 4) is 11.2 Å². The van der Waals surface area contributed by atoms with Gasteiger partial charge in [-0.3, -0.25) is 9.59 Å². The summed E-state index contributed by atoms with van der Waals surface area (Å²) in [6.45, 7) is 15.5. The number of hydrogen-bond acceptors (Lipinski definition) is 17. The van der Waals surface area contributed by atoms with Gasteiger partial charge in [0, 0.05) is 31.9 Å². The molecule has 3 aromatic heterocycles. The minimum atomic E-state index is -0.268. The molecule has 318 valence electrons. The summed E-state index contributed by atoms with van der Waals surface area (Å²) in [5, 5.41) is 37.5. The quantitative estimate of drug-likeness (QED) is 0.0313. The summed E-state index contributed by atoms with van der Waals surface area (Å²) >= 11 is 1.42. The number of methoxy groups -OCH3 is 1. The van der Waals surface area contributed by atoms with Gasteiger partial charge in [-0.05, 0) is 62.4 Å². The third-order valence-corrected chi connectivity index (χ3v) is 11.0. The topological polar surface area (TPSA) is 215 Å². The van der Waals surface area contributed by atoms with Crippen LogP contribution >= 0.6 is 11.3 Å². The molecular weight excluding hydrogens is 785 g/mol. The van der Waals surface area contributed by atoms with Crippen molar-refractivity contribution >= 4 is 68.3 Å². The van der Waals surface area contributed by atoms with Crippen LogP contribution in [-0.4, -0.2) is 83.2 Å². The van der Waals surface area contributed by atoms with E-state index in [4.69, 9.17) is 24.2 Å². The summed E-state index contributed by atoms with van der Waals surface area (Å²) in [6.07, 6.45) is 2.74. The zero-order valence-corrected chi connectivity index (χ0v) is 36.5. The summed E-state index contributed by atoms with van der Waals surface area (Å²) in [6, 6.07) is 12.2. The summed E-state index contributed by atoms with van der Waals surface area (Å²) in [5.41, 5.74) is 6.28. The maximum atomic E-state index is 12.4. The molecule has 17 nitrogen and oxygen atoms in total. The summed E-state index contributed by atoms with van der Waals surface area (Å²) in [4.78, 5) is 38.1. The number of hydrogen-bond donors (Lipinski definition) is 4. The lowest BCUT2D eigenvalue weighted by molar-refractivity contribution is -0.151. The normalized spacial score (nSPS) is 12.9. The number of aromatic nitrogens is 5. The Labute approximate surface area is 354 Å². The number of ether oxygens (including phenoxy) is 3. The van der Waals surface area contributed by atoms with Gasteiger partial charge in [-0.25, -0.2) is 9.67 Å². The van der Waals surface area contributed by atoms with Crippen LogP contribution in [0.15, 0.2) is 46.8 Å². The molecule has 0 amide bonds. The van der Waals surface area contributed by atoms with E-state index >= 15 is 0 Å². The molecule has 3 unspecified atom stereocenters. The molecule has 0 bridgehead atoms. The predicted molar refractivity (Wildman–Crippen MR) is 233 cm³/mol. The van der Waals surface area contributed by atoms with E-state index < -0.39 is 0 Å². The molecule has 0 aliphatic heterocycles. The largest absolute Gasteiger partial charge is 0.469 e. The van der Waals surface area contributed by atoms with E-state index in [0.29, 0.717) is 35.8 Å². The third kappa shape index (κ3) is 11.8. The van der Waals surface area contributed by atoms with Gasteiger partial charge in [0.05, 0.1) is 49.1 Å². The van der Waals surface area contributed by atoms with Crippen molar-refractivity contribution in [1.82, 2.24) is 30.0 Å². The lowest BCUT2D eigenvalue weighted by Crippen LogP contribution is -2.28. The highest BCUT2D eigenvalue weighted by Crippen LogP contribution is 2.37. The van der Waals surface area contributed by atoms with Crippen LogP contribution in [0.4, 0.5) is 34.8 Å². The van der Waals surface area contributed by atoms with E-state index in [1.165, 1.54) is 23.1 Å². The van der Waals surface area contributed by atoms with Crippen LogP contribution in [0.3, 0.4) is 0 Å². The molecule has 3 heterocycles. The molecular formula is C42H54N12O5S. The van der Waals surface area contributed by atoms with E-state index in [2.05, 4.69) is 66.7 Å². The molecule has 60 heavy (non-hydrogen) atoms. The van der Waals surface area contributed by atoms with Crippen molar-refractivity contribution in [3.63, 3.8) is 0 Å². The first-order valence-corrected chi connectivity index (χ1v) is 20.7. The second kappa shape index (κ2) is 21.3. The van der Waals surface area contributed by atoms with Crippen LogP contribution in [0.25, 0.3) is 15.3 Å². The average Bonchev–Trinajstić information content (AvgIpc) is 3.86. The molecule has 5 aromatic rings. The van der Waals surface area contributed by atoms with E-state index in [1.807, 2.05) is 59.7 Å². The van der Waals surface area contributed by atoms with Gasteiger partial charge in [-0.1, -0.05) is 62.3 Å². The van der Waals surface area contributed by atoms with Crippen LogP contribution in [0.2, 0.25) is 0 Å².